The summed E-state index contributed by atoms with van der Waals surface area (Å²) in [6.45, 7) is 0. The molecule has 0 N–H and O–H groups in total. The highest BCUT2D eigenvalue weighted by atomic mass is 15.1. The Morgan fingerprint density at radius 3 is 1.86 bits per heavy atom. The van der Waals surface area contributed by atoms with Gasteiger partial charge < -0.3 is 9.47 Å². The van der Waals surface area contributed by atoms with E-state index in [2.05, 4.69) is 216 Å². The highest BCUT2D eigenvalue weighted by Gasteiger charge is 2.52. The van der Waals surface area contributed by atoms with Crippen molar-refractivity contribution in [3.63, 3.8) is 0 Å². The summed E-state index contributed by atoms with van der Waals surface area (Å²) in [5, 5.41) is 2.50. The van der Waals surface area contributed by atoms with Crippen LogP contribution in [-0.2, 0) is 5.41 Å². The predicted molar refractivity (Wildman–Crippen MR) is 238 cm³/mol. The molecule has 0 bridgehead atoms. The van der Waals surface area contributed by atoms with Gasteiger partial charge >= 0.3 is 0 Å². The Bertz CT molecular complexity index is 3110. The van der Waals surface area contributed by atoms with Gasteiger partial charge in [0.25, 0.3) is 0 Å². The standard InChI is InChI=1S/C55H38N2/c1-3-15-37(16-4-1)38-27-29-40(30-28-38)56(42-32-34-48-47-22-10-14-26-53(47)57(54(48)36-42)39-17-5-2-6-18-39)41-31-33-46-45-21-9-13-25-51(45)55(52(46)35-41)49-23-11-7-19-43(49)44-20-8-12-24-50(44)55/h1-7,9-19,21-36H,8,20H2. The van der Waals surface area contributed by atoms with E-state index < -0.39 is 0 Å². The second-order valence-corrected chi connectivity index (χ2v) is 15.5. The number of aromatic nitrogens is 1. The van der Waals surface area contributed by atoms with Crippen LogP contribution in [0.2, 0.25) is 0 Å². The molecule has 3 aliphatic rings. The van der Waals surface area contributed by atoms with Crippen LogP contribution < -0.4 is 4.90 Å². The van der Waals surface area contributed by atoms with E-state index >= 15 is 0 Å². The first kappa shape index (κ1) is 32.1. The molecule has 0 radical (unpaired) electrons. The summed E-state index contributed by atoms with van der Waals surface area (Å²) in [4.78, 5) is 2.46. The van der Waals surface area contributed by atoms with Gasteiger partial charge in [-0.25, -0.2) is 0 Å². The van der Waals surface area contributed by atoms with Crippen molar-refractivity contribution in [2.45, 2.75) is 18.3 Å². The molecule has 0 saturated heterocycles. The molecule has 57 heavy (non-hydrogen) atoms. The molecular formula is C55H38N2. The zero-order chi connectivity index (χ0) is 37.5. The monoisotopic (exact) mass is 726 g/mol. The molecule has 268 valence electrons. The number of fused-ring (bicyclic) bond motifs is 12. The summed E-state index contributed by atoms with van der Waals surface area (Å²) in [6.07, 6.45) is 6.97. The van der Waals surface area contributed by atoms with E-state index in [1.807, 2.05) is 0 Å². The Balaban J connectivity index is 1.12. The topological polar surface area (TPSA) is 8.17 Å². The predicted octanol–water partition coefficient (Wildman–Crippen LogP) is 14.4. The van der Waals surface area contributed by atoms with Gasteiger partial charge in [-0.3, -0.25) is 0 Å². The van der Waals surface area contributed by atoms with Crippen LogP contribution in [0.3, 0.4) is 0 Å². The van der Waals surface area contributed by atoms with Crippen molar-refractivity contribution in [2.24, 2.45) is 0 Å². The molecule has 1 atom stereocenters. The number of allylic oxidation sites excluding steroid dienone is 4. The average Bonchev–Trinajstić information content (AvgIpc) is 3.89. The molecule has 0 fully saturated rings. The van der Waals surface area contributed by atoms with Gasteiger partial charge in [0.1, 0.15) is 0 Å². The summed E-state index contributed by atoms with van der Waals surface area (Å²) >= 11 is 0. The van der Waals surface area contributed by atoms with Crippen LogP contribution >= 0.6 is 0 Å². The first-order chi connectivity index (χ1) is 28.3. The normalized spacial score (nSPS) is 16.2. The van der Waals surface area contributed by atoms with Crippen LogP contribution in [-0.4, -0.2) is 4.57 Å². The summed E-state index contributed by atoms with van der Waals surface area (Å²) in [5.41, 5.74) is 20.1. The van der Waals surface area contributed by atoms with Crippen molar-refractivity contribution >= 4 is 44.4 Å². The van der Waals surface area contributed by atoms with Crippen LogP contribution in [0.5, 0.6) is 0 Å². The van der Waals surface area contributed by atoms with E-state index in [4.69, 9.17) is 0 Å². The molecule has 1 aromatic heterocycles. The molecule has 1 heterocycles. The molecule has 1 spiro atoms. The minimum absolute atomic E-state index is 0.378. The highest BCUT2D eigenvalue weighted by molar-refractivity contribution is 6.10. The minimum atomic E-state index is -0.378. The summed E-state index contributed by atoms with van der Waals surface area (Å²) in [6, 6.07) is 71.8. The second kappa shape index (κ2) is 12.4. The van der Waals surface area contributed by atoms with Gasteiger partial charge in [-0.2, -0.15) is 0 Å². The Hall–Kier alpha value is -7.16. The van der Waals surface area contributed by atoms with Gasteiger partial charge in [-0.1, -0.05) is 152 Å². The number of hydrogen-bond donors (Lipinski definition) is 0. The maximum atomic E-state index is 2.51. The fourth-order valence-corrected chi connectivity index (χ4v) is 10.3. The van der Waals surface area contributed by atoms with Gasteiger partial charge in [-0.15, -0.1) is 0 Å². The van der Waals surface area contributed by atoms with Crippen molar-refractivity contribution in [1.82, 2.24) is 4.57 Å². The van der Waals surface area contributed by atoms with Crippen LogP contribution in [0.4, 0.5) is 17.1 Å². The fourth-order valence-electron chi connectivity index (χ4n) is 10.3. The Kier molecular flexibility index (Phi) is 7.00. The van der Waals surface area contributed by atoms with Crippen molar-refractivity contribution in [3.8, 4) is 27.9 Å². The molecular weight excluding hydrogens is 689 g/mol. The number of nitrogens with zero attached hydrogens (tertiary/aromatic N) is 2. The maximum absolute atomic E-state index is 2.51. The summed E-state index contributed by atoms with van der Waals surface area (Å²) < 4.78 is 2.41. The van der Waals surface area contributed by atoms with E-state index in [1.165, 1.54) is 77.5 Å². The Morgan fingerprint density at radius 1 is 0.439 bits per heavy atom. The first-order valence-electron chi connectivity index (χ1n) is 20.1. The lowest BCUT2D eigenvalue weighted by Gasteiger charge is -2.33. The van der Waals surface area contributed by atoms with Crippen molar-refractivity contribution in [2.75, 3.05) is 4.90 Å². The molecule has 9 aromatic rings. The van der Waals surface area contributed by atoms with Crippen molar-refractivity contribution in [1.29, 1.82) is 0 Å². The van der Waals surface area contributed by atoms with Crippen molar-refractivity contribution in [3.05, 3.63) is 234 Å². The van der Waals surface area contributed by atoms with Gasteiger partial charge in [-0.05, 0) is 123 Å². The molecule has 1 unspecified atom stereocenters. The van der Waals surface area contributed by atoms with E-state index in [1.54, 1.807) is 0 Å². The highest BCUT2D eigenvalue weighted by Crippen LogP contribution is 2.64. The van der Waals surface area contributed by atoms with Gasteiger partial charge in [0, 0.05) is 33.5 Å². The van der Waals surface area contributed by atoms with E-state index in [9.17, 15) is 0 Å². The maximum Gasteiger partial charge on any atom is 0.0722 e. The number of hydrogen-bond acceptors (Lipinski definition) is 1. The second-order valence-electron chi connectivity index (χ2n) is 15.5. The largest absolute Gasteiger partial charge is 0.310 e. The molecule has 3 aliphatic carbocycles. The number of benzene rings is 8. The van der Waals surface area contributed by atoms with Crippen LogP contribution in [0, 0.1) is 0 Å². The average molecular weight is 727 g/mol. The first-order valence-corrected chi connectivity index (χ1v) is 20.1. The quantitative estimate of drug-likeness (QED) is 0.171. The molecule has 0 aliphatic heterocycles. The van der Waals surface area contributed by atoms with E-state index in [0.717, 1.165) is 35.6 Å². The van der Waals surface area contributed by atoms with Gasteiger partial charge in [0.05, 0.1) is 16.4 Å². The lowest BCUT2D eigenvalue weighted by atomic mass is 9.69. The molecule has 12 rings (SSSR count). The molecule has 8 aromatic carbocycles. The minimum Gasteiger partial charge on any atom is -0.310 e. The van der Waals surface area contributed by atoms with Crippen LogP contribution in [0.25, 0.3) is 55.3 Å². The molecule has 0 saturated carbocycles. The van der Waals surface area contributed by atoms with Crippen LogP contribution in [0.1, 0.15) is 35.1 Å². The Morgan fingerprint density at radius 2 is 1.04 bits per heavy atom. The summed E-state index contributed by atoms with van der Waals surface area (Å²) in [5.74, 6) is 0. The number of rotatable bonds is 5. The SMILES string of the molecule is C1=CC2=C(CC1)c1ccccc1C21c2ccccc2-c2ccc(N(c3ccc(-c4ccccc4)cc3)c3ccc4c5ccccc5n(-c5ccccc5)c4c3)cc21. The lowest BCUT2D eigenvalue weighted by Crippen LogP contribution is -2.27. The van der Waals surface area contributed by atoms with Gasteiger partial charge in [0.15, 0.2) is 0 Å². The van der Waals surface area contributed by atoms with Gasteiger partial charge in [0.2, 0.25) is 0 Å². The smallest absolute Gasteiger partial charge is 0.0722 e. The van der Waals surface area contributed by atoms with Crippen LogP contribution in [0.15, 0.2) is 212 Å². The third kappa shape index (κ3) is 4.59. The van der Waals surface area contributed by atoms with Crippen molar-refractivity contribution < 1.29 is 0 Å². The Labute approximate surface area is 332 Å². The fraction of sp³-hybridized carbons (Fsp3) is 0.0545. The third-order valence-electron chi connectivity index (χ3n) is 12.7. The van der Waals surface area contributed by atoms with E-state index in [0.29, 0.717) is 0 Å². The molecule has 2 heteroatoms. The van der Waals surface area contributed by atoms with E-state index in [-0.39, 0.29) is 5.41 Å². The third-order valence-corrected chi connectivity index (χ3v) is 12.7. The summed E-state index contributed by atoms with van der Waals surface area (Å²) in [7, 11) is 0. The molecule has 2 nitrogen and oxygen atoms in total. The number of anilines is 3. The lowest BCUT2D eigenvalue weighted by molar-refractivity contribution is 0.780. The molecule has 0 amide bonds. The number of para-hydroxylation sites is 2. The zero-order valence-corrected chi connectivity index (χ0v) is 31.4. The zero-order valence-electron chi connectivity index (χ0n) is 31.4.